The van der Waals surface area contributed by atoms with Crippen molar-refractivity contribution in [2.45, 2.75) is 0 Å². The van der Waals surface area contributed by atoms with Crippen molar-refractivity contribution in [3.8, 4) is 16.9 Å². The Labute approximate surface area is 108 Å². The molecule has 1 aromatic carbocycles. The summed E-state index contributed by atoms with van der Waals surface area (Å²) in [4.78, 5) is 3.52. The number of nitrogens with zero attached hydrogens (tertiary/aromatic N) is 1. The summed E-state index contributed by atoms with van der Waals surface area (Å²) < 4.78 is 18.4. The molecule has 88 valence electrons. The quantitative estimate of drug-likeness (QED) is 0.764. The van der Waals surface area contributed by atoms with Crippen molar-refractivity contribution in [2.75, 3.05) is 7.11 Å². The van der Waals surface area contributed by atoms with Crippen LogP contribution in [0.1, 0.15) is 0 Å². The van der Waals surface area contributed by atoms with Crippen LogP contribution in [0.4, 0.5) is 4.39 Å². The lowest BCUT2D eigenvalue weighted by atomic mass is 10.1. The molecule has 0 amide bonds. The molecule has 0 aliphatic rings. The monoisotopic (exact) mass is 271 g/mol. The highest BCUT2D eigenvalue weighted by Gasteiger charge is 2.12. The second-order valence-electron chi connectivity index (χ2n) is 3.34. The first-order valence-corrected chi connectivity index (χ1v) is 5.52. The number of ether oxygens (including phenoxy) is 1. The van der Waals surface area contributed by atoms with Crippen LogP contribution in [0, 0.1) is 5.95 Å². The third kappa shape index (κ3) is 2.51. The Morgan fingerprint density at radius 1 is 1.18 bits per heavy atom. The van der Waals surface area contributed by atoms with Gasteiger partial charge in [0.25, 0.3) is 5.95 Å². The molecule has 1 aromatic heterocycles. The van der Waals surface area contributed by atoms with E-state index in [1.54, 1.807) is 24.3 Å². The third-order valence-electron chi connectivity index (χ3n) is 2.24. The Morgan fingerprint density at radius 3 is 2.41 bits per heavy atom. The molecule has 1 heterocycles. The molecular formula is C12H8Cl2FNO. The number of halogens is 3. The lowest BCUT2D eigenvalue weighted by molar-refractivity contribution is 0.379. The van der Waals surface area contributed by atoms with Crippen LogP contribution in [-0.4, -0.2) is 12.1 Å². The summed E-state index contributed by atoms with van der Waals surface area (Å²) >= 11 is 11.8. The van der Waals surface area contributed by atoms with E-state index in [-0.39, 0.29) is 5.75 Å². The molecule has 17 heavy (non-hydrogen) atoms. The molecule has 2 nitrogen and oxygen atoms in total. The maximum Gasteiger partial charge on any atom is 0.255 e. The Bertz CT molecular complexity index is 540. The van der Waals surface area contributed by atoms with Crippen molar-refractivity contribution in [1.29, 1.82) is 0 Å². The van der Waals surface area contributed by atoms with Gasteiger partial charge in [-0.25, -0.2) is 4.98 Å². The molecular weight excluding hydrogens is 264 g/mol. The number of aromatic nitrogens is 1. The number of pyridine rings is 1. The molecule has 0 fully saturated rings. The first kappa shape index (κ1) is 12.1. The smallest absolute Gasteiger partial charge is 0.255 e. The average molecular weight is 272 g/mol. The Kier molecular flexibility index (Phi) is 3.50. The predicted octanol–water partition coefficient (Wildman–Crippen LogP) is 4.20. The Morgan fingerprint density at radius 2 is 1.82 bits per heavy atom. The van der Waals surface area contributed by atoms with Gasteiger partial charge in [0, 0.05) is 21.8 Å². The van der Waals surface area contributed by atoms with Gasteiger partial charge in [0.1, 0.15) is 0 Å². The van der Waals surface area contributed by atoms with Gasteiger partial charge in [-0.05, 0) is 29.8 Å². The Balaban J connectivity index is 2.63. The van der Waals surface area contributed by atoms with Crippen LogP contribution >= 0.6 is 23.2 Å². The first-order chi connectivity index (χ1) is 8.11. The molecule has 0 radical (unpaired) electrons. The van der Waals surface area contributed by atoms with E-state index in [0.29, 0.717) is 21.2 Å². The van der Waals surface area contributed by atoms with Crippen LogP contribution in [0.2, 0.25) is 10.0 Å². The van der Waals surface area contributed by atoms with Gasteiger partial charge in [-0.2, -0.15) is 4.39 Å². The summed E-state index contributed by atoms with van der Waals surface area (Å²) in [6.07, 6.45) is 1.36. The summed E-state index contributed by atoms with van der Waals surface area (Å²) in [7, 11) is 1.38. The van der Waals surface area contributed by atoms with Crippen LogP contribution in [0.15, 0.2) is 30.5 Å². The fourth-order valence-corrected chi connectivity index (χ4v) is 2.08. The van der Waals surface area contributed by atoms with Crippen molar-refractivity contribution in [3.05, 3.63) is 46.5 Å². The van der Waals surface area contributed by atoms with Crippen LogP contribution in [-0.2, 0) is 0 Å². The fourth-order valence-electron chi connectivity index (χ4n) is 1.55. The molecule has 5 heteroatoms. The first-order valence-electron chi connectivity index (χ1n) is 4.77. The van der Waals surface area contributed by atoms with Crippen molar-refractivity contribution in [3.63, 3.8) is 0 Å². The second-order valence-corrected chi connectivity index (χ2v) is 4.21. The molecule has 0 spiro atoms. The molecule has 0 unspecified atom stereocenters. The zero-order valence-corrected chi connectivity index (χ0v) is 10.4. The largest absolute Gasteiger partial charge is 0.491 e. The highest BCUT2D eigenvalue weighted by atomic mass is 35.5. The predicted molar refractivity (Wildman–Crippen MR) is 66.2 cm³/mol. The zero-order valence-electron chi connectivity index (χ0n) is 8.88. The number of methoxy groups -OCH3 is 1. The summed E-state index contributed by atoms with van der Waals surface area (Å²) in [6.45, 7) is 0. The minimum atomic E-state index is -0.666. The third-order valence-corrected chi connectivity index (χ3v) is 2.68. The van der Waals surface area contributed by atoms with Gasteiger partial charge < -0.3 is 4.74 Å². The van der Waals surface area contributed by atoms with E-state index >= 15 is 0 Å². The molecule has 2 rings (SSSR count). The molecule has 2 aromatic rings. The molecule has 0 saturated carbocycles. The van der Waals surface area contributed by atoms with Crippen LogP contribution in [0.5, 0.6) is 5.75 Å². The highest BCUT2D eigenvalue weighted by molar-refractivity contribution is 6.35. The molecule has 0 atom stereocenters. The van der Waals surface area contributed by atoms with E-state index in [2.05, 4.69) is 4.98 Å². The topological polar surface area (TPSA) is 22.1 Å². The molecule has 0 saturated heterocycles. The minimum Gasteiger partial charge on any atom is -0.491 e. The number of hydrogen-bond donors (Lipinski definition) is 0. The molecule has 0 aliphatic heterocycles. The van der Waals surface area contributed by atoms with Crippen molar-refractivity contribution in [1.82, 2.24) is 4.98 Å². The SMILES string of the molecule is COc1c(-c2cc(Cl)cc(Cl)c2)ccnc1F. The van der Waals surface area contributed by atoms with Gasteiger partial charge >= 0.3 is 0 Å². The van der Waals surface area contributed by atoms with Crippen LogP contribution in [0.3, 0.4) is 0 Å². The standard InChI is InChI=1S/C12H8Cl2FNO/c1-17-11-10(2-3-16-12(11)15)7-4-8(13)6-9(14)5-7/h2-6H,1H3. The number of benzene rings is 1. The zero-order chi connectivity index (χ0) is 12.4. The average Bonchev–Trinajstić information content (AvgIpc) is 2.27. The number of rotatable bonds is 2. The van der Waals surface area contributed by atoms with Crippen molar-refractivity contribution < 1.29 is 9.13 Å². The fraction of sp³-hybridized carbons (Fsp3) is 0.0833. The number of hydrogen-bond acceptors (Lipinski definition) is 2. The van der Waals surface area contributed by atoms with Crippen LogP contribution < -0.4 is 4.74 Å². The van der Waals surface area contributed by atoms with Gasteiger partial charge in [-0.15, -0.1) is 0 Å². The van der Waals surface area contributed by atoms with Crippen molar-refractivity contribution in [2.24, 2.45) is 0 Å². The van der Waals surface area contributed by atoms with Crippen LogP contribution in [0.25, 0.3) is 11.1 Å². The van der Waals surface area contributed by atoms with Gasteiger partial charge in [-0.1, -0.05) is 23.2 Å². The lowest BCUT2D eigenvalue weighted by Crippen LogP contribution is -1.94. The van der Waals surface area contributed by atoms with E-state index in [1.807, 2.05) is 0 Å². The summed E-state index contributed by atoms with van der Waals surface area (Å²) in [6, 6.07) is 6.62. The summed E-state index contributed by atoms with van der Waals surface area (Å²) in [5.41, 5.74) is 1.24. The normalized spacial score (nSPS) is 10.4. The summed E-state index contributed by atoms with van der Waals surface area (Å²) in [5.74, 6) is -0.591. The van der Waals surface area contributed by atoms with E-state index in [1.165, 1.54) is 13.3 Å². The molecule has 0 aliphatic carbocycles. The van der Waals surface area contributed by atoms with E-state index in [9.17, 15) is 4.39 Å². The van der Waals surface area contributed by atoms with Gasteiger partial charge in [0.2, 0.25) is 0 Å². The highest BCUT2D eigenvalue weighted by Crippen LogP contribution is 2.34. The van der Waals surface area contributed by atoms with Gasteiger partial charge in [0.15, 0.2) is 5.75 Å². The molecule has 0 N–H and O–H groups in total. The van der Waals surface area contributed by atoms with Gasteiger partial charge in [0.05, 0.1) is 7.11 Å². The lowest BCUT2D eigenvalue weighted by Gasteiger charge is -2.09. The second kappa shape index (κ2) is 4.90. The minimum absolute atomic E-state index is 0.0748. The maximum atomic E-state index is 13.4. The van der Waals surface area contributed by atoms with E-state index in [4.69, 9.17) is 27.9 Å². The maximum absolute atomic E-state index is 13.4. The van der Waals surface area contributed by atoms with E-state index in [0.717, 1.165) is 0 Å². The van der Waals surface area contributed by atoms with Crippen molar-refractivity contribution >= 4 is 23.2 Å². The van der Waals surface area contributed by atoms with E-state index < -0.39 is 5.95 Å². The van der Waals surface area contributed by atoms with Gasteiger partial charge in [-0.3, -0.25) is 0 Å². The molecule has 0 bridgehead atoms. The Hall–Kier alpha value is -1.32. The summed E-state index contributed by atoms with van der Waals surface area (Å²) in [5, 5.41) is 0.957.